The molecule has 1 aliphatic heterocycles. The van der Waals surface area contributed by atoms with Crippen molar-refractivity contribution in [1.29, 1.82) is 0 Å². The number of hydrogen-bond acceptors (Lipinski definition) is 4. The zero-order valence-electron chi connectivity index (χ0n) is 20.6. The molecule has 0 atom stereocenters. The van der Waals surface area contributed by atoms with Crippen molar-refractivity contribution < 1.29 is 4.79 Å². The lowest BCUT2D eigenvalue weighted by Crippen LogP contribution is -2.44. The van der Waals surface area contributed by atoms with Gasteiger partial charge in [-0.25, -0.2) is 9.67 Å². The van der Waals surface area contributed by atoms with E-state index in [4.69, 9.17) is 21.7 Å². The summed E-state index contributed by atoms with van der Waals surface area (Å²) < 4.78 is 1.98. The first-order valence-corrected chi connectivity index (χ1v) is 12.8. The third kappa shape index (κ3) is 4.84. The Hall–Kier alpha value is -2.44. The summed E-state index contributed by atoms with van der Waals surface area (Å²) in [5, 5.41) is 9.77. The molecule has 34 heavy (non-hydrogen) atoms. The predicted molar refractivity (Wildman–Crippen MR) is 136 cm³/mol. The molecule has 0 bridgehead atoms. The van der Waals surface area contributed by atoms with Crippen LogP contribution in [0.2, 0.25) is 5.02 Å². The van der Waals surface area contributed by atoms with Crippen LogP contribution in [-0.4, -0.2) is 44.7 Å². The van der Waals surface area contributed by atoms with Crippen molar-refractivity contribution in [2.75, 3.05) is 13.1 Å². The number of carbonyl (C=O) groups excluding carboxylic acids is 1. The van der Waals surface area contributed by atoms with Gasteiger partial charge >= 0.3 is 0 Å². The summed E-state index contributed by atoms with van der Waals surface area (Å²) in [5.74, 6) is 0.470. The number of aryl methyl sites for hydroxylation is 1. The fraction of sp³-hybridized carbons (Fsp3) is 0.519. The summed E-state index contributed by atoms with van der Waals surface area (Å²) in [6, 6.07) is 10.3. The number of benzene rings is 1. The molecule has 1 N–H and O–H groups in total. The second-order valence-electron chi connectivity index (χ2n) is 10.9. The monoisotopic (exact) mass is 479 g/mol. The van der Waals surface area contributed by atoms with Gasteiger partial charge in [0.05, 0.1) is 22.2 Å². The van der Waals surface area contributed by atoms with E-state index >= 15 is 0 Å². The quantitative estimate of drug-likeness (QED) is 0.530. The fourth-order valence-corrected chi connectivity index (χ4v) is 5.02. The maximum Gasteiger partial charge on any atom is 0.252 e. The lowest BCUT2D eigenvalue weighted by molar-refractivity contribution is 0.0910. The Kier molecular flexibility index (Phi) is 6.15. The Labute approximate surface area is 206 Å². The molecule has 0 radical (unpaired) electrons. The van der Waals surface area contributed by atoms with E-state index in [1.165, 1.54) is 5.56 Å². The van der Waals surface area contributed by atoms with Gasteiger partial charge in [0.1, 0.15) is 0 Å². The van der Waals surface area contributed by atoms with E-state index in [1.807, 2.05) is 29.8 Å². The number of amides is 1. The van der Waals surface area contributed by atoms with Crippen molar-refractivity contribution in [3.8, 4) is 0 Å². The van der Waals surface area contributed by atoms with Crippen molar-refractivity contribution in [3.63, 3.8) is 0 Å². The van der Waals surface area contributed by atoms with Crippen LogP contribution in [0, 0.1) is 6.92 Å². The molecule has 3 aromatic rings. The minimum atomic E-state index is -0.202. The Morgan fingerprint density at radius 1 is 1.12 bits per heavy atom. The number of halogens is 1. The van der Waals surface area contributed by atoms with E-state index in [-0.39, 0.29) is 17.5 Å². The highest BCUT2D eigenvalue weighted by atomic mass is 35.5. The van der Waals surface area contributed by atoms with Crippen molar-refractivity contribution >= 4 is 28.5 Å². The van der Waals surface area contributed by atoms with Crippen molar-refractivity contribution in [2.45, 2.75) is 77.4 Å². The minimum absolute atomic E-state index is 0.00186. The SMILES string of the molecule is Cc1nn(C(C)(C)C)c2nc(C3CC3)cc(C(=O)NC3CCN(Cc4ccc(Cl)cc4)CC3)c12. The lowest BCUT2D eigenvalue weighted by Gasteiger charge is -2.32. The summed E-state index contributed by atoms with van der Waals surface area (Å²) in [6.45, 7) is 11.2. The highest BCUT2D eigenvalue weighted by Gasteiger charge is 2.31. The first kappa shape index (κ1) is 23.3. The topological polar surface area (TPSA) is 63.1 Å². The fourth-order valence-electron chi connectivity index (χ4n) is 4.89. The molecule has 7 heteroatoms. The zero-order valence-corrected chi connectivity index (χ0v) is 21.3. The summed E-state index contributed by atoms with van der Waals surface area (Å²) in [7, 11) is 0. The molecule has 2 aliphatic rings. The van der Waals surface area contributed by atoms with Crippen LogP contribution in [0.3, 0.4) is 0 Å². The van der Waals surface area contributed by atoms with E-state index in [2.05, 4.69) is 43.1 Å². The second kappa shape index (κ2) is 8.97. The largest absolute Gasteiger partial charge is 0.349 e. The Balaban J connectivity index is 1.32. The Bertz CT molecular complexity index is 1200. The number of hydrogen-bond donors (Lipinski definition) is 1. The van der Waals surface area contributed by atoms with Gasteiger partial charge in [0.25, 0.3) is 5.91 Å². The van der Waals surface area contributed by atoms with Gasteiger partial charge in [0, 0.05) is 42.3 Å². The first-order valence-electron chi connectivity index (χ1n) is 12.4. The zero-order chi connectivity index (χ0) is 24.0. The Morgan fingerprint density at radius 2 is 1.79 bits per heavy atom. The van der Waals surface area contributed by atoms with Crippen LogP contribution in [0.1, 0.15) is 79.7 Å². The lowest BCUT2D eigenvalue weighted by atomic mass is 10.0. The van der Waals surface area contributed by atoms with Crippen molar-refractivity contribution in [1.82, 2.24) is 25.0 Å². The van der Waals surface area contributed by atoms with Gasteiger partial charge in [0.15, 0.2) is 5.65 Å². The maximum absolute atomic E-state index is 13.5. The van der Waals surface area contributed by atoms with Crippen LogP contribution < -0.4 is 5.32 Å². The normalized spacial score (nSPS) is 17.9. The molecular formula is C27H34ClN5O. The molecule has 1 saturated heterocycles. The minimum Gasteiger partial charge on any atom is -0.349 e. The van der Waals surface area contributed by atoms with Crippen LogP contribution >= 0.6 is 11.6 Å². The number of likely N-dealkylation sites (tertiary alicyclic amines) is 1. The average molecular weight is 480 g/mol. The van der Waals surface area contributed by atoms with E-state index in [1.54, 1.807) is 0 Å². The molecule has 0 spiro atoms. The first-order chi connectivity index (χ1) is 16.2. The standard InChI is InChI=1S/C27H34ClN5O/c1-17-24-22(15-23(19-7-8-19)30-25(24)33(31-17)27(2,3)4)26(34)29-21-11-13-32(14-12-21)16-18-5-9-20(28)10-6-18/h5-6,9-10,15,19,21H,7-8,11-14,16H2,1-4H3,(H,29,34). The number of rotatable bonds is 5. The molecule has 3 heterocycles. The number of nitrogens with zero attached hydrogens (tertiary/aromatic N) is 4. The van der Waals surface area contributed by atoms with E-state index in [0.29, 0.717) is 5.92 Å². The van der Waals surface area contributed by atoms with Gasteiger partial charge in [-0.2, -0.15) is 5.10 Å². The van der Waals surface area contributed by atoms with Crippen LogP contribution in [-0.2, 0) is 12.1 Å². The van der Waals surface area contributed by atoms with Gasteiger partial charge in [0.2, 0.25) is 0 Å². The number of carbonyl (C=O) groups is 1. The van der Waals surface area contributed by atoms with E-state index in [9.17, 15) is 4.79 Å². The third-order valence-electron chi connectivity index (χ3n) is 6.95. The van der Waals surface area contributed by atoms with Crippen LogP contribution in [0.4, 0.5) is 0 Å². The summed E-state index contributed by atoms with van der Waals surface area (Å²) in [4.78, 5) is 21.0. The summed E-state index contributed by atoms with van der Waals surface area (Å²) in [6.07, 6.45) is 4.19. The molecular weight excluding hydrogens is 446 g/mol. The summed E-state index contributed by atoms with van der Waals surface area (Å²) >= 11 is 6.01. The average Bonchev–Trinajstić information content (AvgIpc) is 3.59. The molecule has 6 nitrogen and oxygen atoms in total. The van der Waals surface area contributed by atoms with Crippen molar-refractivity contribution in [3.05, 3.63) is 57.9 Å². The molecule has 180 valence electrons. The van der Waals surface area contributed by atoms with Crippen LogP contribution in [0.5, 0.6) is 0 Å². The predicted octanol–water partition coefficient (Wildman–Crippen LogP) is 5.42. The van der Waals surface area contributed by atoms with E-state index < -0.39 is 0 Å². The van der Waals surface area contributed by atoms with Crippen LogP contribution in [0.25, 0.3) is 11.0 Å². The molecule has 5 rings (SSSR count). The highest BCUT2D eigenvalue weighted by molar-refractivity contribution is 6.30. The molecule has 1 aliphatic carbocycles. The maximum atomic E-state index is 13.5. The van der Waals surface area contributed by atoms with Gasteiger partial charge < -0.3 is 5.32 Å². The third-order valence-corrected chi connectivity index (χ3v) is 7.20. The molecule has 2 fully saturated rings. The Morgan fingerprint density at radius 3 is 2.41 bits per heavy atom. The molecule has 1 saturated carbocycles. The van der Waals surface area contributed by atoms with Gasteiger partial charge in [-0.3, -0.25) is 9.69 Å². The number of nitrogens with one attached hydrogen (secondary N) is 1. The van der Waals surface area contributed by atoms with Gasteiger partial charge in [-0.05, 0) is 77.1 Å². The molecule has 2 aromatic heterocycles. The number of piperidine rings is 1. The molecule has 0 unspecified atom stereocenters. The van der Waals surface area contributed by atoms with Gasteiger partial charge in [-0.15, -0.1) is 0 Å². The summed E-state index contributed by atoms with van der Waals surface area (Å²) in [5.41, 5.74) is 4.51. The smallest absolute Gasteiger partial charge is 0.252 e. The molecule has 1 aromatic carbocycles. The number of aromatic nitrogens is 3. The van der Waals surface area contributed by atoms with Crippen molar-refractivity contribution in [2.24, 2.45) is 0 Å². The van der Waals surface area contributed by atoms with E-state index in [0.717, 1.165) is 78.3 Å². The second-order valence-corrected chi connectivity index (χ2v) is 11.3. The highest BCUT2D eigenvalue weighted by Crippen LogP contribution is 2.41. The van der Waals surface area contributed by atoms with Crippen LogP contribution in [0.15, 0.2) is 30.3 Å². The van der Waals surface area contributed by atoms with Gasteiger partial charge in [-0.1, -0.05) is 23.7 Å². The molecule has 1 amide bonds. The number of fused-ring (bicyclic) bond motifs is 1. The number of pyridine rings is 1.